The first-order valence-electron chi connectivity index (χ1n) is 6.42. The third-order valence-corrected chi connectivity index (χ3v) is 3.84. The van der Waals surface area contributed by atoms with Gasteiger partial charge in [-0.1, -0.05) is 23.7 Å². The van der Waals surface area contributed by atoms with E-state index in [0.717, 1.165) is 27.2 Å². The van der Waals surface area contributed by atoms with E-state index in [9.17, 15) is 0 Å². The van der Waals surface area contributed by atoms with E-state index in [2.05, 4.69) is 21.2 Å². The molecule has 2 aromatic heterocycles. The maximum Gasteiger partial charge on any atom is 0.181 e. The highest BCUT2D eigenvalue weighted by atomic mass is 35.5. The molecule has 1 N–H and O–H groups in total. The van der Waals surface area contributed by atoms with Crippen molar-refractivity contribution < 1.29 is 0 Å². The van der Waals surface area contributed by atoms with E-state index >= 15 is 0 Å². The lowest BCUT2D eigenvalue weighted by Gasteiger charge is -2.05. The number of hydrogen-bond donors (Lipinski definition) is 1. The third-order valence-electron chi connectivity index (χ3n) is 3.60. The van der Waals surface area contributed by atoms with Crippen LogP contribution in [0, 0.1) is 0 Å². The Morgan fingerprint density at radius 3 is 2.89 bits per heavy atom. The van der Waals surface area contributed by atoms with Gasteiger partial charge in [0.05, 0.1) is 5.39 Å². The van der Waals surface area contributed by atoms with Crippen LogP contribution in [0.5, 0.6) is 0 Å². The summed E-state index contributed by atoms with van der Waals surface area (Å²) < 4.78 is 0. The molecular weight excluding hydrogens is 258 g/mol. The zero-order valence-electron chi connectivity index (χ0n) is 10.2. The van der Waals surface area contributed by atoms with Gasteiger partial charge >= 0.3 is 0 Å². The minimum atomic E-state index is 0.618. The number of rotatable bonds is 2. The second kappa shape index (κ2) is 4.07. The number of nitrogens with one attached hydrogen (secondary N) is 1. The van der Waals surface area contributed by atoms with Gasteiger partial charge in [-0.3, -0.25) is 5.10 Å². The zero-order valence-corrected chi connectivity index (χ0v) is 11.0. The Morgan fingerprint density at radius 2 is 2.11 bits per heavy atom. The molecule has 0 amide bonds. The third kappa shape index (κ3) is 1.81. The lowest BCUT2D eigenvalue weighted by Crippen LogP contribution is -1.85. The summed E-state index contributed by atoms with van der Waals surface area (Å²) in [5, 5.41) is 9.37. The van der Waals surface area contributed by atoms with Crippen molar-refractivity contribution in [1.82, 2.24) is 15.2 Å². The summed E-state index contributed by atoms with van der Waals surface area (Å²) >= 11 is 6.10. The fourth-order valence-corrected chi connectivity index (χ4v) is 2.72. The zero-order chi connectivity index (χ0) is 12.8. The molecule has 0 aliphatic heterocycles. The van der Waals surface area contributed by atoms with Crippen LogP contribution in [-0.4, -0.2) is 15.2 Å². The lowest BCUT2D eigenvalue weighted by molar-refractivity contribution is 0.974. The van der Waals surface area contributed by atoms with Crippen LogP contribution < -0.4 is 0 Å². The maximum absolute atomic E-state index is 6.10. The minimum absolute atomic E-state index is 0.618. The molecule has 1 aliphatic carbocycles. The van der Waals surface area contributed by atoms with Gasteiger partial charge in [-0.05, 0) is 42.2 Å². The highest BCUT2D eigenvalue weighted by molar-refractivity contribution is 6.30. The summed E-state index contributed by atoms with van der Waals surface area (Å²) in [7, 11) is 0. The van der Waals surface area contributed by atoms with Crippen molar-refractivity contribution in [3.05, 3.63) is 47.2 Å². The van der Waals surface area contributed by atoms with Crippen molar-refractivity contribution in [2.24, 2.45) is 0 Å². The molecule has 3 aromatic rings. The number of aromatic amines is 1. The highest BCUT2D eigenvalue weighted by Gasteiger charge is 2.28. The van der Waals surface area contributed by atoms with Crippen molar-refractivity contribution in [2.45, 2.75) is 18.8 Å². The van der Waals surface area contributed by atoms with E-state index in [4.69, 9.17) is 11.6 Å². The van der Waals surface area contributed by atoms with E-state index in [-0.39, 0.29) is 0 Å². The van der Waals surface area contributed by atoms with Crippen molar-refractivity contribution >= 4 is 22.6 Å². The number of H-pyrrole nitrogens is 1. The SMILES string of the molecule is Clc1cccc(-c2ccnc3n[nH]c(C4CC4)c23)c1. The highest BCUT2D eigenvalue weighted by Crippen LogP contribution is 2.44. The van der Waals surface area contributed by atoms with E-state index < -0.39 is 0 Å². The van der Waals surface area contributed by atoms with Crippen LogP contribution in [0.1, 0.15) is 24.5 Å². The predicted octanol–water partition coefficient (Wildman–Crippen LogP) is 4.16. The second-order valence-electron chi connectivity index (χ2n) is 4.98. The summed E-state index contributed by atoms with van der Waals surface area (Å²) in [5.41, 5.74) is 4.28. The van der Waals surface area contributed by atoms with Crippen molar-refractivity contribution in [2.75, 3.05) is 0 Å². The van der Waals surface area contributed by atoms with E-state index in [0.29, 0.717) is 5.92 Å². The number of fused-ring (bicyclic) bond motifs is 1. The minimum Gasteiger partial charge on any atom is -0.279 e. The molecule has 0 radical (unpaired) electrons. The van der Waals surface area contributed by atoms with Gasteiger partial charge in [0, 0.05) is 22.8 Å². The van der Waals surface area contributed by atoms with E-state index in [1.807, 2.05) is 24.3 Å². The summed E-state index contributed by atoms with van der Waals surface area (Å²) in [4.78, 5) is 4.35. The molecule has 4 heteroatoms. The summed E-state index contributed by atoms with van der Waals surface area (Å²) in [6, 6.07) is 9.96. The fourth-order valence-electron chi connectivity index (χ4n) is 2.53. The molecule has 0 saturated heterocycles. The molecule has 1 aliphatic rings. The number of pyridine rings is 1. The van der Waals surface area contributed by atoms with Gasteiger partial charge in [-0.25, -0.2) is 4.98 Å². The Labute approximate surface area is 115 Å². The van der Waals surface area contributed by atoms with Crippen LogP contribution in [-0.2, 0) is 0 Å². The summed E-state index contributed by atoms with van der Waals surface area (Å²) in [6.45, 7) is 0. The number of hydrogen-bond acceptors (Lipinski definition) is 2. The molecule has 0 bridgehead atoms. The molecule has 19 heavy (non-hydrogen) atoms. The first kappa shape index (κ1) is 11.0. The van der Waals surface area contributed by atoms with E-state index in [1.54, 1.807) is 6.20 Å². The standard InChI is InChI=1S/C15H12ClN3/c16-11-3-1-2-10(8-11)12-6-7-17-15-13(12)14(18-19-15)9-4-5-9/h1-3,6-9H,4-5H2,(H,17,18,19). The quantitative estimate of drug-likeness (QED) is 0.759. The number of aromatic nitrogens is 3. The first-order chi connectivity index (χ1) is 9.33. The molecule has 0 unspecified atom stereocenters. The van der Waals surface area contributed by atoms with Gasteiger partial charge in [0.15, 0.2) is 5.65 Å². The predicted molar refractivity (Wildman–Crippen MR) is 76.3 cm³/mol. The summed E-state index contributed by atoms with van der Waals surface area (Å²) in [5.74, 6) is 0.618. The van der Waals surface area contributed by atoms with Gasteiger partial charge in [0.25, 0.3) is 0 Å². The molecule has 2 heterocycles. The Kier molecular flexibility index (Phi) is 2.35. The molecule has 94 valence electrons. The Morgan fingerprint density at radius 1 is 1.21 bits per heavy atom. The van der Waals surface area contributed by atoms with Gasteiger partial charge in [-0.15, -0.1) is 0 Å². The Hall–Kier alpha value is -1.87. The Bertz CT molecular complexity index is 759. The van der Waals surface area contributed by atoms with Crippen LogP contribution >= 0.6 is 11.6 Å². The number of nitrogens with zero attached hydrogens (tertiary/aromatic N) is 2. The normalized spacial score (nSPS) is 15.0. The molecule has 1 saturated carbocycles. The van der Waals surface area contributed by atoms with Crippen LogP contribution in [0.15, 0.2) is 36.5 Å². The summed E-state index contributed by atoms with van der Waals surface area (Å²) in [6.07, 6.45) is 4.28. The average molecular weight is 270 g/mol. The second-order valence-corrected chi connectivity index (χ2v) is 5.42. The van der Waals surface area contributed by atoms with Crippen LogP contribution in [0.3, 0.4) is 0 Å². The Balaban J connectivity index is 2.00. The lowest BCUT2D eigenvalue weighted by atomic mass is 10.0. The van der Waals surface area contributed by atoms with Gasteiger partial charge in [-0.2, -0.15) is 5.10 Å². The van der Waals surface area contributed by atoms with Crippen LogP contribution in [0.25, 0.3) is 22.2 Å². The molecule has 1 aromatic carbocycles. The van der Waals surface area contributed by atoms with E-state index in [1.165, 1.54) is 18.5 Å². The molecular formula is C15H12ClN3. The van der Waals surface area contributed by atoms with Crippen molar-refractivity contribution in [1.29, 1.82) is 0 Å². The average Bonchev–Trinajstić information content (AvgIpc) is 3.18. The molecule has 4 rings (SSSR count). The number of halogens is 1. The number of benzene rings is 1. The van der Waals surface area contributed by atoms with Crippen LogP contribution in [0.2, 0.25) is 5.02 Å². The fraction of sp³-hybridized carbons (Fsp3) is 0.200. The molecule has 1 fully saturated rings. The smallest absolute Gasteiger partial charge is 0.181 e. The molecule has 0 spiro atoms. The molecule has 0 atom stereocenters. The van der Waals surface area contributed by atoms with Gasteiger partial charge in [0.2, 0.25) is 0 Å². The topological polar surface area (TPSA) is 41.6 Å². The monoisotopic (exact) mass is 269 g/mol. The van der Waals surface area contributed by atoms with Crippen molar-refractivity contribution in [3.8, 4) is 11.1 Å². The first-order valence-corrected chi connectivity index (χ1v) is 6.79. The van der Waals surface area contributed by atoms with Gasteiger partial charge in [0.1, 0.15) is 0 Å². The maximum atomic E-state index is 6.10. The molecule has 3 nitrogen and oxygen atoms in total. The van der Waals surface area contributed by atoms with Crippen molar-refractivity contribution in [3.63, 3.8) is 0 Å². The van der Waals surface area contributed by atoms with Crippen LogP contribution in [0.4, 0.5) is 0 Å². The largest absolute Gasteiger partial charge is 0.279 e. The van der Waals surface area contributed by atoms with Gasteiger partial charge < -0.3 is 0 Å².